The van der Waals surface area contributed by atoms with Crippen LogP contribution in [0.25, 0.3) is 0 Å². The van der Waals surface area contributed by atoms with E-state index in [0.29, 0.717) is 29.4 Å². The standard InChI is InChI=1S/C13H14N4O/c1-3-17-13(12(15)9(2)16-17)18-11-6-4-5-10(7-11)8-14/h4-7H,3,15H2,1-2H3. The third kappa shape index (κ3) is 2.13. The minimum absolute atomic E-state index is 0.519. The molecule has 0 fully saturated rings. The molecule has 2 rings (SSSR count). The number of benzene rings is 1. The zero-order valence-corrected chi connectivity index (χ0v) is 10.3. The van der Waals surface area contributed by atoms with Gasteiger partial charge in [0.25, 0.3) is 0 Å². The van der Waals surface area contributed by atoms with Gasteiger partial charge in [-0.05, 0) is 32.0 Å². The lowest BCUT2D eigenvalue weighted by Gasteiger charge is -2.08. The number of nitrogens with zero attached hydrogens (tertiary/aromatic N) is 3. The van der Waals surface area contributed by atoms with Crippen molar-refractivity contribution >= 4 is 5.69 Å². The SMILES string of the molecule is CCn1nc(C)c(N)c1Oc1cccc(C#N)c1. The zero-order chi connectivity index (χ0) is 13.1. The summed E-state index contributed by atoms with van der Waals surface area (Å²) in [4.78, 5) is 0. The molecule has 18 heavy (non-hydrogen) atoms. The van der Waals surface area contributed by atoms with Gasteiger partial charge in [-0.15, -0.1) is 0 Å². The molecule has 0 aliphatic rings. The lowest BCUT2D eigenvalue weighted by atomic mass is 10.2. The smallest absolute Gasteiger partial charge is 0.241 e. The molecule has 1 aromatic carbocycles. The number of hydrogen-bond acceptors (Lipinski definition) is 4. The number of nitrogen functional groups attached to an aromatic ring is 1. The highest BCUT2D eigenvalue weighted by atomic mass is 16.5. The number of nitriles is 1. The first-order valence-corrected chi connectivity index (χ1v) is 5.66. The largest absolute Gasteiger partial charge is 0.437 e. The molecule has 0 unspecified atom stereocenters. The van der Waals surface area contributed by atoms with Gasteiger partial charge in [-0.3, -0.25) is 0 Å². The van der Waals surface area contributed by atoms with Gasteiger partial charge in [-0.25, -0.2) is 4.68 Å². The Balaban J connectivity index is 2.36. The average Bonchev–Trinajstić information content (AvgIpc) is 2.67. The Bertz CT molecular complexity index is 610. The average molecular weight is 242 g/mol. The lowest BCUT2D eigenvalue weighted by molar-refractivity contribution is 0.418. The molecule has 2 aromatic rings. The molecule has 0 amide bonds. The van der Waals surface area contributed by atoms with Crippen molar-refractivity contribution in [2.75, 3.05) is 5.73 Å². The first-order chi connectivity index (χ1) is 8.65. The fourth-order valence-corrected chi connectivity index (χ4v) is 1.64. The molecule has 5 heteroatoms. The van der Waals surface area contributed by atoms with E-state index in [-0.39, 0.29) is 0 Å². The molecule has 1 aromatic heterocycles. The second kappa shape index (κ2) is 4.80. The Kier molecular flexibility index (Phi) is 3.20. The summed E-state index contributed by atoms with van der Waals surface area (Å²) in [5.74, 6) is 1.10. The van der Waals surface area contributed by atoms with Gasteiger partial charge < -0.3 is 10.5 Å². The van der Waals surface area contributed by atoms with Crippen molar-refractivity contribution in [1.82, 2.24) is 9.78 Å². The highest BCUT2D eigenvalue weighted by molar-refractivity contribution is 5.54. The minimum Gasteiger partial charge on any atom is -0.437 e. The van der Waals surface area contributed by atoms with Crippen molar-refractivity contribution < 1.29 is 4.74 Å². The van der Waals surface area contributed by atoms with Gasteiger partial charge in [0.15, 0.2) is 0 Å². The number of rotatable bonds is 3. The third-order valence-electron chi connectivity index (χ3n) is 2.60. The van der Waals surface area contributed by atoms with Gasteiger partial charge in [-0.2, -0.15) is 10.4 Å². The Labute approximate surface area is 105 Å². The van der Waals surface area contributed by atoms with Crippen LogP contribution in [0.1, 0.15) is 18.2 Å². The van der Waals surface area contributed by atoms with Crippen LogP contribution in [0.4, 0.5) is 5.69 Å². The maximum atomic E-state index is 8.84. The summed E-state index contributed by atoms with van der Waals surface area (Å²) in [6.45, 7) is 4.47. The van der Waals surface area contributed by atoms with Crippen LogP contribution in [-0.2, 0) is 6.54 Å². The van der Waals surface area contributed by atoms with Crippen LogP contribution in [0.3, 0.4) is 0 Å². The normalized spacial score (nSPS) is 10.1. The number of aryl methyl sites for hydroxylation is 2. The topological polar surface area (TPSA) is 76.9 Å². The summed E-state index contributed by atoms with van der Waals surface area (Å²) in [5.41, 5.74) is 7.74. The predicted molar refractivity (Wildman–Crippen MR) is 68.3 cm³/mol. The minimum atomic E-state index is 0.519. The van der Waals surface area contributed by atoms with E-state index in [0.717, 1.165) is 5.69 Å². The Morgan fingerprint density at radius 2 is 2.28 bits per heavy atom. The van der Waals surface area contributed by atoms with Crippen LogP contribution in [0.5, 0.6) is 11.6 Å². The van der Waals surface area contributed by atoms with Crippen molar-refractivity contribution in [3.63, 3.8) is 0 Å². The molecule has 0 radical (unpaired) electrons. The van der Waals surface area contributed by atoms with Gasteiger partial charge in [0, 0.05) is 6.54 Å². The van der Waals surface area contributed by atoms with E-state index >= 15 is 0 Å². The molecule has 1 heterocycles. The molecule has 0 aliphatic carbocycles. The Hall–Kier alpha value is -2.48. The monoisotopic (exact) mass is 242 g/mol. The maximum absolute atomic E-state index is 8.84. The molecule has 5 nitrogen and oxygen atoms in total. The Morgan fingerprint density at radius 1 is 1.50 bits per heavy atom. The number of anilines is 1. The Morgan fingerprint density at radius 3 is 2.94 bits per heavy atom. The van der Waals surface area contributed by atoms with Crippen LogP contribution in [0.2, 0.25) is 0 Å². The molecular weight excluding hydrogens is 228 g/mol. The van der Waals surface area contributed by atoms with Crippen LogP contribution in [0, 0.1) is 18.3 Å². The fourth-order valence-electron chi connectivity index (χ4n) is 1.64. The fraction of sp³-hybridized carbons (Fsp3) is 0.231. The van der Waals surface area contributed by atoms with Crippen LogP contribution in [-0.4, -0.2) is 9.78 Å². The van der Waals surface area contributed by atoms with Crippen molar-refractivity contribution in [3.05, 3.63) is 35.5 Å². The molecule has 0 saturated carbocycles. The van der Waals surface area contributed by atoms with Crippen LogP contribution >= 0.6 is 0 Å². The number of aromatic nitrogens is 2. The predicted octanol–water partition coefficient (Wildman–Crippen LogP) is 2.46. The van der Waals surface area contributed by atoms with E-state index in [1.165, 1.54) is 0 Å². The van der Waals surface area contributed by atoms with E-state index in [2.05, 4.69) is 11.2 Å². The van der Waals surface area contributed by atoms with Gasteiger partial charge in [0.05, 0.1) is 17.3 Å². The second-order valence-electron chi connectivity index (χ2n) is 3.86. The number of hydrogen-bond donors (Lipinski definition) is 1. The molecular formula is C13H14N4O. The second-order valence-corrected chi connectivity index (χ2v) is 3.86. The van der Waals surface area contributed by atoms with Crippen LogP contribution in [0.15, 0.2) is 24.3 Å². The van der Waals surface area contributed by atoms with Crippen LogP contribution < -0.4 is 10.5 Å². The van der Waals surface area contributed by atoms with Gasteiger partial charge in [0.1, 0.15) is 11.4 Å². The van der Waals surface area contributed by atoms with Crippen molar-refractivity contribution in [2.45, 2.75) is 20.4 Å². The molecule has 2 N–H and O–H groups in total. The van der Waals surface area contributed by atoms with Crippen molar-refractivity contribution in [2.24, 2.45) is 0 Å². The third-order valence-corrected chi connectivity index (χ3v) is 2.60. The molecule has 0 bridgehead atoms. The summed E-state index contributed by atoms with van der Waals surface area (Å²) < 4.78 is 7.42. The summed E-state index contributed by atoms with van der Waals surface area (Å²) in [6.07, 6.45) is 0. The maximum Gasteiger partial charge on any atom is 0.241 e. The molecule has 92 valence electrons. The molecule has 0 spiro atoms. The number of nitrogens with two attached hydrogens (primary N) is 1. The highest BCUT2D eigenvalue weighted by Crippen LogP contribution is 2.30. The quantitative estimate of drug-likeness (QED) is 0.896. The summed E-state index contributed by atoms with van der Waals surface area (Å²) in [5, 5.41) is 13.1. The van der Waals surface area contributed by atoms with E-state index < -0.39 is 0 Å². The molecule has 0 atom stereocenters. The van der Waals surface area contributed by atoms with Gasteiger partial charge in [-0.1, -0.05) is 6.07 Å². The lowest BCUT2D eigenvalue weighted by Crippen LogP contribution is -2.00. The summed E-state index contributed by atoms with van der Waals surface area (Å²) in [6, 6.07) is 9.00. The first kappa shape index (κ1) is 12.0. The van der Waals surface area contributed by atoms with Gasteiger partial charge >= 0.3 is 0 Å². The highest BCUT2D eigenvalue weighted by Gasteiger charge is 2.13. The van der Waals surface area contributed by atoms with Gasteiger partial charge in [0.2, 0.25) is 5.88 Å². The zero-order valence-electron chi connectivity index (χ0n) is 10.3. The first-order valence-electron chi connectivity index (χ1n) is 5.66. The van der Waals surface area contributed by atoms with E-state index in [4.69, 9.17) is 15.7 Å². The summed E-state index contributed by atoms with van der Waals surface area (Å²) in [7, 11) is 0. The van der Waals surface area contributed by atoms with E-state index in [1.54, 1.807) is 28.9 Å². The molecule has 0 aliphatic heterocycles. The van der Waals surface area contributed by atoms with E-state index in [1.807, 2.05) is 13.8 Å². The van der Waals surface area contributed by atoms with Crippen molar-refractivity contribution in [1.29, 1.82) is 5.26 Å². The summed E-state index contributed by atoms with van der Waals surface area (Å²) >= 11 is 0. The number of ether oxygens (including phenoxy) is 1. The molecule has 0 saturated heterocycles. The van der Waals surface area contributed by atoms with E-state index in [9.17, 15) is 0 Å². The van der Waals surface area contributed by atoms with Crippen molar-refractivity contribution in [3.8, 4) is 17.7 Å².